The van der Waals surface area contributed by atoms with Crippen molar-refractivity contribution in [2.24, 2.45) is 0 Å². The van der Waals surface area contributed by atoms with Gasteiger partial charge in [-0.3, -0.25) is 0 Å². The zero-order valence-corrected chi connectivity index (χ0v) is 13.9. The Morgan fingerprint density at radius 2 is 1.83 bits per heavy atom. The normalized spacial score (nSPS) is 16.2. The number of hydrogen-bond acceptors (Lipinski definition) is 5. The zero-order chi connectivity index (χ0) is 16.5. The zero-order valence-electron chi connectivity index (χ0n) is 13.0. The van der Waals surface area contributed by atoms with Gasteiger partial charge in [0.15, 0.2) is 0 Å². The molecule has 2 heterocycles. The van der Waals surface area contributed by atoms with Crippen molar-refractivity contribution < 1.29 is 5.11 Å². The Kier molecular flexibility index (Phi) is 3.74. The third kappa shape index (κ3) is 2.55. The monoisotopic (exact) mass is 336 g/mol. The van der Waals surface area contributed by atoms with Crippen LogP contribution in [0.15, 0.2) is 65.8 Å². The Balaban J connectivity index is 1.85. The van der Waals surface area contributed by atoms with Crippen LogP contribution in [0.25, 0.3) is 5.70 Å². The number of hydrogen-bond donors (Lipinski definition) is 2. The van der Waals surface area contributed by atoms with Crippen LogP contribution in [-0.4, -0.2) is 26.1 Å². The third-order valence-corrected chi connectivity index (χ3v) is 4.50. The number of benzene rings is 2. The molecule has 0 saturated carbocycles. The lowest BCUT2D eigenvalue weighted by molar-refractivity contribution is 0.473. The van der Waals surface area contributed by atoms with Gasteiger partial charge in [0.2, 0.25) is 11.1 Å². The maximum Gasteiger partial charge on any atom is 0.227 e. The number of nitrogens with zero attached hydrogens (tertiary/aromatic N) is 3. The summed E-state index contributed by atoms with van der Waals surface area (Å²) < 4.78 is 1.88. The Labute approximate surface area is 144 Å². The summed E-state index contributed by atoms with van der Waals surface area (Å²) in [6.45, 7) is 0. The molecule has 3 aromatic rings. The summed E-state index contributed by atoms with van der Waals surface area (Å²) >= 11 is 1.50. The van der Waals surface area contributed by atoms with E-state index in [1.165, 1.54) is 11.8 Å². The van der Waals surface area contributed by atoms with E-state index in [9.17, 15) is 5.11 Å². The van der Waals surface area contributed by atoms with Gasteiger partial charge >= 0.3 is 0 Å². The molecule has 0 saturated heterocycles. The van der Waals surface area contributed by atoms with E-state index in [1.54, 1.807) is 6.07 Å². The van der Waals surface area contributed by atoms with Crippen molar-refractivity contribution in [1.82, 2.24) is 14.8 Å². The van der Waals surface area contributed by atoms with Gasteiger partial charge in [-0.25, -0.2) is 4.68 Å². The van der Waals surface area contributed by atoms with Gasteiger partial charge in [-0.1, -0.05) is 54.2 Å². The molecule has 0 unspecified atom stereocenters. The lowest BCUT2D eigenvalue weighted by Gasteiger charge is -2.24. The van der Waals surface area contributed by atoms with E-state index in [0.717, 1.165) is 16.8 Å². The summed E-state index contributed by atoms with van der Waals surface area (Å²) in [6.07, 6.45) is 4.02. The number of aromatic nitrogens is 3. The molecule has 0 amide bonds. The summed E-state index contributed by atoms with van der Waals surface area (Å²) in [5.74, 6) is 0.912. The second kappa shape index (κ2) is 6.05. The molecule has 0 aliphatic carbocycles. The number of allylic oxidation sites excluding steroid dienone is 1. The first kappa shape index (κ1) is 14.8. The Morgan fingerprint density at radius 1 is 1.08 bits per heavy atom. The van der Waals surface area contributed by atoms with Crippen LogP contribution in [0.3, 0.4) is 0 Å². The minimum atomic E-state index is -0.0783. The average molecular weight is 336 g/mol. The lowest BCUT2D eigenvalue weighted by Crippen LogP contribution is -2.20. The van der Waals surface area contributed by atoms with Gasteiger partial charge in [0.05, 0.1) is 5.70 Å². The number of rotatable bonds is 3. The number of phenols is 1. The van der Waals surface area contributed by atoms with Gasteiger partial charge in [0, 0.05) is 5.56 Å². The van der Waals surface area contributed by atoms with Gasteiger partial charge in [-0.15, -0.1) is 5.10 Å². The maximum absolute atomic E-state index is 10.2. The van der Waals surface area contributed by atoms with Crippen molar-refractivity contribution in [3.63, 3.8) is 0 Å². The molecule has 1 aromatic heterocycles. The maximum atomic E-state index is 10.2. The van der Waals surface area contributed by atoms with Crippen molar-refractivity contribution in [3.8, 4) is 5.75 Å². The smallest absolute Gasteiger partial charge is 0.227 e. The van der Waals surface area contributed by atoms with Gasteiger partial charge < -0.3 is 10.4 Å². The minimum absolute atomic E-state index is 0.0783. The first-order valence-corrected chi connectivity index (χ1v) is 8.81. The standard InChI is InChI=1S/C18H16N4OS/c1-24-18-20-17-19-14(13-9-5-6-10-16(13)23)11-15(22(17)21-18)12-7-3-2-4-8-12/h2-11,15,23H,1H3,(H,19,20,21)/t15-/m1/s1. The van der Waals surface area contributed by atoms with Crippen molar-refractivity contribution in [2.75, 3.05) is 11.6 Å². The number of anilines is 1. The molecule has 24 heavy (non-hydrogen) atoms. The first-order chi connectivity index (χ1) is 11.8. The Bertz CT molecular complexity index is 904. The molecule has 0 fully saturated rings. The fourth-order valence-electron chi connectivity index (χ4n) is 2.81. The molecule has 1 atom stereocenters. The number of nitrogens with one attached hydrogen (secondary N) is 1. The molecule has 0 spiro atoms. The summed E-state index contributed by atoms with van der Waals surface area (Å²) in [4.78, 5) is 4.53. The summed E-state index contributed by atoms with van der Waals surface area (Å²) in [5.41, 5.74) is 2.69. The van der Waals surface area contributed by atoms with Crippen LogP contribution in [0.5, 0.6) is 5.75 Å². The van der Waals surface area contributed by atoms with Gasteiger partial charge in [-0.05, 0) is 30.0 Å². The van der Waals surface area contributed by atoms with E-state index >= 15 is 0 Å². The summed E-state index contributed by atoms with van der Waals surface area (Å²) in [6, 6.07) is 17.4. The van der Waals surface area contributed by atoms with Crippen LogP contribution in [0.1, 0.15) is 17.2 Å². The highest BCUT2D eigenvalue weighted by Crippen LogP contribution is 2.35. The largest absolute Gasteiger partial charge is 0.507 e. The topological polar surface area (TPSA) is 63.0 Å². The predicted molar refractivity (Wildman–Crippen MR) is 96.1 cm³/mol. The van der Waals surface area contributed by atoms with E-state index in [0.29, 0.717) is 11.1 Å². The van der Waals surface area contributed by atoms with Crippen LogP contribution in [0, 0.1) is 0 Å². The van der Waals surface area contributed by atoms with Crippen molar-refractivity contribution >= 4 is 23.4 Å². The Hall–Kier alpha value is -2.73. The molecule has 1 aliphatic heterocycles. The van der Waals surface area contributed by atoms with Gasteiger partial charge in [0.25, 0.3) is 0 Å². The number of para-hydroxylation sites is 1. The van der Waals surface area contributed by atoms with Crippen LogP contribution in [0.4, 0.5) is 5.95 Å². The fraction of sp³-hybridized carbons (Fsp3) is 0.111. The fourth-order valence-corrected chi connectivity index (χ4v) is 3.15. The molecule has 120 valence electrons. The molecule has 0 bridgehead atoms. The van der Waals surface area contributed by atoms with E-state index in [1.807, 2.05) is 47.3 Å². The predicted octanol–water partition coefficient (Wildman–Crippen LogP) is 3.76. The average Bonchev–Trinajstić information content (AvgIpc) is 3.05. The minimum Gasteiger partial charge on any atom is -0.507 e. The molecule has 4 rings (SSSR count). The number of fused-ring (bicyclic) bond motifs is 1. The van der Waals surface area contributed by atoms with E-state index < -0.39 is 0 Å². The molecule has 1 aliphatic rings. The molecular formula is C18H16N4OS. The second-order valence-corrected chi connectivity index (χ2v) is 6.22. The molecule has 5 nitrogen and oxygen atoms in total. The van der Waals surface area contributed by atoms with Crippen LogP contribution >= 0.6 is 11.8 Å². The van der Waals surface area contributed by atoms with Crippen molar-refractivity contribution in [1.29, 1.82) is 0 Å². The highest BCUT2D eigenvalue weighted by atomic mass is 32.2. The first-order valence-electron chi connectivity index (χ1n) is 7.59. The highest BCUT2D eigenvalue weighted by Gasteiger charge is 2.25. The van der Waals surface area contributed by atoms with Crippen LogP contribution < -0.4 is 5.32 Å². The SMILES string of the molecule is CSc1nc2n(n1)[C@@H](c1ccccc1)C=C(c1ccccc1O)N2. The van der Waals surface area contributed by atoms with E-state index in [2.05, 4.69) is 33.6 Å². The number of aromatic hydroxyl groups is 1. The third-order valence-electron chi connectivity index (χ3n) is 3.96. The van der Waals surface area contributed by atoms with Gasteiger partial charge in [-0.2, -0.15) is 4.98 Å². The van der Waals surface area contributed by atoms with Gasteiger partial charge in [0.1, 0.15) is 11.8 Å². The molecular weight excluding hydrogens is 320 g/mol. The molecule has 0 radical (unpaired) electrons. The number of thioether (sulfide) groups is 1. The van der Waals surface area contributed by atoms with Crippen molar-refractivity contribution in [3.05, 3.63) is 71.8 Å². The van der Waals surface area contributed by atoms with Crippen LogP contribution in [-0.2, 0) is 0 Å². The van der Waals surface area contributed by atoms with E-state index in [4.69, 9.17) is 0 Å². The molecule has 6 heteroatoms. The Morgan fingerprint density at radius 3 is 2.58 bits per heavy atom. The summed E-state index contributed by atoms with van der Waals surface area (Å²) in [5, 5.41) is 18.8. The number of phenolic OH excluding ortho intramolecular Hbond substituents is 1. The molecule has 2 N–H and O–H groups in total. The lowest BCUT2D eigenvalue weighted by atomic mass is 10.0. The summed E-state index contributed by atoms with van der Waals surface area (Å²) in [7, 11) is 0. The van der Waals surface area contributed by atoms with Crippen LogP contribution in [0.2, 0.25) is 0 Å². The second-order valence-electron chi connectivity index (χ2n) is 5.44. The van der Waals surface area contributed by atoms with E-state index in [-0.39, 0.29) is 11.8 Å². The quantitative estimate of drug-likeness (QED) is 0.713. The highest BCUT2D eigenvalue weighted by molar-refractivity contribution is 7.98. The van der Waals surface area contributed by atoms with Crippen molar-refractivity contribution in [2.45, 2.75) is 11.2 Å². The molecule has 2 aromatic carbocycles.